The summed E-state index contributed by atoms with van der Waals surface area (Å²) in [5.74, 6) is 1.22. The van der Waals surface area contributed by atoms with Crippen LogP contribution >= 0.6 is 0 Å². The van der Waals surface area contributed by atoms with Crippen molar-refractivity contribution in [1.82, 2.24) is 0 Å². The van der Waals surface area contributed by atoms with Gasteiger partial charge in [-0.2, -0.15) is 0 Å². The minimum atomic E-state index is -0.657. The summed E-state index contributed by atoms with van der Waals surface area (Å²) in [4.78, 5) is 0. The van der Waals surface area contributed by atoms with E-state index >= 15 is 0 Å². The van der Waals surface area contributed by atoms with Crippen LogP contribution in [0.25, 0.3) is 0 Å². The summed E-state index contributed by atoms with van der Waals surface area (Å²) >= 11 is 0. The predicted molar refractivity (Wildman–Crippen MR) is 81.8 cm³/mol. The Kier molecular flexibility index (Phi) is 4.64. The third-order valence-electron chi connectivity index (χ3n) is 3.26. The number of hydrogen-bond acceptors (Lipinski definition) is 3. The molecule has 0 saturated heterocycles. The van der Waals surface area contributed by atoms with Crippen LogP contribution in [0.1, 0.15) is 37.0 Å². The van der Waals surface area contributed by atoms with Crippen molar-refractivity contribution in [3.63, 3.8) is 0 Å². The Morgan fingerprint density at radius 3 is 2.35 bits per heavy atom. The fourth-order valence-corrected chi connectivity index (χ4v) is 2.07. The van der Waals surface area contributed by atoms with E-state index in [9.17, 15) is 5.11 Å². The normalized spacial score (nSPS) is 12.4. The highest BCUT2D eigenvalue weighted by Crippen LogP contribution is 2.27. The van der Waals surface area contributed by atoms with Gasteiger partial charge < -0.3 is 15.6 Å². The lowest BCUT2D eigenvalue weighted by Gasteiger charge is -2.17. The average molecular weight is 271 g/mol. The number of aliphatic hydroxyl groups is 1. The van der Waals surface area contributed by atoms with Crippen molar-refractivity contribution in [2.24, 2.45) is 0 Å². The van der Waals surface area contributed by atoms with Gasteiger partial charge in [-0.15, -0.1) is 0 Å². The minimum absolute atomic E-state index is 0.230. The summed E-state index contributed by atoms with van der Waals surface area (Å²) in [5, 5.41) is 10.1. The van der Waals surface area contributed by atoms with Crippen molar-refractivity contribution < 1.29 is 9.84 Å². The van der Waals surface area contributed by atoms with E-state index < -0.39 is 6.10 Å². The molecule has 0 fully saturated rings. The Labute approximate surface area is 120 Å². The highest BCUT2D eigenvalue weighted by molar-refractivity contribution is 5.40. The number of para-hydroxylation sites is 1. The molecule has 2 aromatic carbocycles. The van der Waals surface area contributed by atoms with Crippen molar-refractivity contribution in [3.8, 4) is 5.75 Å². The molecule has 3 nitrogen and oxygen atoms in total. The Balaban J connectivity index is 2.03. The van der Waals surface area contributed by atoms with Gasteiger partial charge in [0.2, 0.25) is 0 Å². The van der Waals surface area contributed by atoms with Gasteiger partial charge in [0.1, 0.15) is 18.5 Å². The van der Waals surface area contributed by atoms with Crippen LogP contribution < -0.4 is 10.5 Å². The molecule has 20 heavy (non-hydrogen) atoms. The summed E-state index contributed by atoms with van der Waals surface area (Å²) in [7, 11) is 0. The minimum Gasteiger partial charge on any atom is -0.490 e. The number of ether oxygens (including phenoxy) is 1. The second-order valence-electron chi connectivity index (χ2n) is 5.19. The molecule has 2 aromatic rings. The molecule has 0 aromatic heterocycles. The van der Waals surface area contributed by atoms with Crippen molar-refractivity contribution >= 4 is 5.69 Å². The number of aliphatic hydroxyl groups excluding tert-OH is 1. The molecule has 106 valence electrons. The fourth-order valence-electron chi connectivity index (χ4n) is 2.07. The predicted octanol–water partition coefficient (Wildman–Crippen LogP) is 3.50. The highest BCUT2D eigenvalue weighted by Gasteiger charge is 2.11. The second-order valence-corrected chi connectivity index (χ2v) is 5.19. The molecule has 0 aliphatic carbocycles. The van der Waals surface area contributed by atoms with Crippen LogP contribution in [-0.4, -0.2) is 11.7 Å². The van der Waals surface area contributed by atoms with Crippen LogP contribution in [0.15, 0.2) is 48.5 Å². The lowest BCUT2D eigenvalue weighted by Crippen LogP contribution is -2.11. The average Bonchev–Trinajstić information content (AvgIpc) is 2.45. The molecule has 0 saturated carbocycles. The van der Waals surface area contributed by atoms with E-state index in [1.54, 1.807) is 12.1 Å². The molecule has 0 spiro atoms. The maximum Gasteiger partial charge on any atom is 0.122 e. The van der Waals surface area contributed by atoms with E-state index in [0.717, 1.165) is 16.9 Å². The van der Waals surface area contributed by atoms with Crippen molar-refractivity contribution in [3.05, 3.63) is 59.7 Å². The molecule has 3 N–H and O–H groups in total. The summed E-state index contributed by atoms with van der Waals surface area (Å²) in [5.41, 5.74) is 8.28. The van der Waals surface area contributed by atoms with Gasteiger partial charge in [-0.25, -0.2) is 0 Å². The van der Waals surface area contributed by atoms with Gasteiger partial charge in [0.15, 0.2) is 0 Å². The van der Waals surface area contributed by atoms with Crippen molar-refractivity contribution in [2.75, 3.05) is 12.3 Å². The van der Waals surface area contributed by atoms with E-state index in [1.807, 2.05) is 30.3 Å². The Bertz CT molecular complexity index is 549. The van der Waals surface area contributed by atoms with Gasteiger partial charge in [-0.3, -0.25) is 0 Å². The molecule has 2 rings (SSSR count). The van der Waals surface area contributed by atoms with Gasteiger partial charge in [-0.1, -0.05) is 44.2 Å². The first-order valence-corrected chi connectivity index (χ1v) is 6.83. The lowest BCUT2D eigenvalue weighted by atomic mass is 10.0. The van der Waals surface area contributed by atoms with Crippen LogP contribution in [0.5, 0.6) is 5.75 Å². The van der Waals surface area contributed by atoms with Gasteiger partial charge in [-0.05, 0) is 35.2 Å². The standard InChI is InChI=1S/C17H21NO2/c1-12(2)15-5-3-4-6-17(15)20-11-16(19)13-7-9-14(18)10-8-13/h3-10,12,16,19H,11,18H2,1-2H3. The number of hydrogen-bond donors (Lipinski definition) is 2. The Hall–Kier alpha value is -2.00. The maximum atomic E-state index is 10.1. The zero-order valence-electron chi connectivity index (χ0n) is 11.9. The van der Waals surface area contributed by atoms with Crippen molar-refractivity contribution in [1.29, 1.82) is 0 Å². The Morgan fingerprint density at radius 2 is 1.70 bits per heavy atom. The number of benzene rings is 2. The molecular weight excluding hydrogens is 250 g/mol. The third-order valence-corrected chi connectivity index (χ3v) is 3.26. The largest absolute Gasteiger partial charge is 0.490 e. The molecule has 0 radical (unpaired) electrons. The maximum absolute atomic E-state index is 10.1. The van der Waals surface area contributed by atoms with Crippen LogP contribution in [0.4, 0.5) is 5.69 Å². The number of nitrogens with two attached hydrogens (primary N) is 1. The van der Waals surface area contributed by atoms with E-state index in [1.165, 1.54) is 0 Å². The summed E-state index contributed by atoms with van der Waals surface area (Å²) in [6, 6.07) is 15.1. The number of anilines is 1. The molecule has 1 atom stereocenters. The zero-order valence-corrected chi connectivity index (χ0v) is 11.9. The molecule has 0 heterocycles. The van der Waals surface area contributed by atoms with E-state index in [2.05, 4.69) is 19.9 Å². The molecule has 3 heteroatoms. The fraction of sp³-hybridized carbons (Fsp3) is 0.294. The highest BCUT2D eigenvalue weighted by atomic mass is 16.5. The van der Waals surface area contributed by atoms with Gasteiger partial charge in [0.05, 0.1) is 0 Å². The zero-order chi connectivity index (χ0) is 14.5. The summed E-state index contributed by atoms with van der Waals surface area (Å²) in [6.07, 6.45) is -0.657. The van der Waals surface area contributed by atoms with Crippen LogP contribution in [0, 0.1) is 0 Å². The van der Waals surface area contributed by atoms with E-state index in [0.29, 0.717) is 11.6 Å². The molecule has 0 aliphatic rings. The van der Waals surface area contributed by atoms with E-state index in [-0.39, 0.29) is 6.61 Å². The smallest absolute Gasteiger partial charge is 0.122 e. The molecule has 0 bridgehead atoms. The topological polar surface area (TPSA) is 55.5 Å². The lowest BCUT2D eigenvalue weighted by molar-refractivity contribution is 0.107. The first kappa shape index (κ1) is 14.4. The molecule has 1 unspecified atom stereocenters. The van der Waals surface area contributed by atoms with Crippen molar-refractivity contribution in [2.45, 2.75) is 25.9 Å². The Morgan fingerprint density at radius 1 is 1.05 bits per heavy atom. The van der Waals surface area contributed by atoms with Crippen LogP contribution in [0.2, 0.25) is 0 Å². The van der Waals surface area contributed by atoms with E-state index in [4.69, 9.17) is 10.5 Å². The number of nitrogen functional groups attached to an aromatic ring is 1. The second kappa shape index (κ2) is 6.44. The number of rotatable bonds is 5. The molecule has 0 amide bonds. The van der Waals surface area contributed by atoms with Crippen LogP contribution in [-0.2, 0) is 0 Å². The first-order valence-electron chi connectivity index (χ1n) is 6.83. The third kappa shape index (κ3) is 3.52. The molecular formula is C17H21NO2. The summed E-state index contributed by atoms with van der Waals surface area (Å²) < 4.78 is 5.76. The monoisotopic (exact) mass is 271 g/mol. The summed E-state index contributed by atoms with van der Waals surface area (Å²) in [6.45, 7) is 4.48. The van der Waals surface area contributed by atoms with Gasteiger partial charge in [0.25, 0.3) is 0 Å². The quantitative estimate of drug-likeness (QED) is 0.818. The van der Waals surface area contributed by atoms with Gasteiger partial charge in [0, 0.05) is 5.69 Å². The first-order chi connectivity index (χ1) is 9.58. The van der Waals surface area contributed by atoms with Crippen LogP contribution in [0.3, 0.4) is 0 Å². The molecule has 0 aliphatic heterocycles. The SMILES string of the molecule is CC(C)c1ccccc1OCC(O)c1ccc(N)cc1. The van der Waals surface area contributed by atoms with Gasteiger partial charge >= 0.3 is 0 Å².